The summed E-state index contributed by atoms with van der Waals surface area (Å²) < 4.78 is 10.4. The molecule has 152 valence electrons. The van der Waals surface area contributed by atoms with Crippen LogP contribution >= 0.6 is 0 Å². The van der Waals surface area contributed by atoms with Crippen molar-refractivity contribution in [1.82, 2.24) is 0 Å². The maximum Gasteiger partial charge on any atom is 0.365 e. The molecule has 3 aromatic rings. The molecule has 1 saturated carbocycles. The molecule has 0 unspecified atom stereocenters. The maximum absolute atomic E-state index is 12.5. The van der Waals surface area contributed by atoms with Gasteiger partial charge in [-0.15, -0.1) is 0 Å². The van der Waals surface area contributed by atoms with Gasteiger partial charge in [0.25, 0.3) is 0 Å². The summed E-state index contributed by atoms with van der Waals surface area (Å²) in [5.74, 6) is 1.56. The van der Waals surface area contributed by atoms with E-state index in [0.29, 0.717) is 17.2 Å². The summed E-state index contributed by atoms with van der Waals surface area (Å²) in [4.78, 5) is 17.8. The van der Waals surface area contributed by atoms with E-state index in [1.165, 1.54) is 5.56 Å². The molecule has 5 heteroatoms. The number of oxime groups is 1. The molecule has 4 rings (SSSR count). The van der Waals surface area contributed by atoms with Crippen LogP contribution in [0.2, 0.25) is 0 Å². The lowest BCUT2D eigenvalue weighted by atomic mass is 10.0. The number of hydrogen-bond acceptors (Lipinski definition) is 5. The first-order valence-electron chi connectivity index (χ1n) is 9.82. The smallest absolute Gasteiger partial charge is 0.365 e. The monoisotopic (exact) mass is 401 g/mol. The fourth-order valence-electron chi connectivity index (χ4n) is 3.53. The lowest BCUT2D eigenvalue weighted by Gasteiger charge is -2.08. The van der Waals surface area contributed by atoms with Crippen LogP contribution in [0.4, 0.5) is 0 Å². The third-order valence-corrected chi connectivity index (χ3v) is 5.31. The number of carbonyl (C=O) groups is 1. The van der Waals surface area contributed by atoms with Crippen molar-refractivity contribution in [3.05, 3.63) is 95.6 Å². The SMILES string of the molecule is COc1ccc(C(=O)O/N=C(/c2ccccc2)[C@@H]2C[C@H]2c2ccc(OC)cc2)cc1. The Morgan fingerprint density at radius 1 is 0.800 bits per heavy atom. The van der Waals surface area contributed by atoms with E-state index in [0.717, 1.165) is 23.4 Å². The lowest BCUT2D eigenvalue weighted by molar-refractivity contribution is 0.0515. The van der Waals surface area contributed by atoms with Crippen molar-refractivity contribution in [2.45, 2.75) is 12.3 Å². The second-order valence-corrected chi connectivity index (χ2v) is 7.17. The number of hydrogen-bond donors (Lipinski definition) is 0. The Morgan fingerprint density at radius 3 is 2.00 bits per heavy atom. The molecule has 3 aromatic carbocycles. The first-order chi connectivity index (χ1) is 14.7. The predicted octanol–water partition coefficient (Wildman–Crippen LogP) is 5.07. The molecule has 1 aliphatic rings. The molecule has 5 nitrogen and oxygen atoms in total. The van der Waals surface area contributed by atoms with Crippen molar-refractivity contribution >= 4 is 11.7 Å². The molecule has 0 bridgehead atoms. The Morgan fingerprint density at radius 2 is 1.40 bits per heavy atom. The van der Waals surface area contributed by atoms with Gasteiger partial charge in [0, 0.05) is 5.92 Å². The van der Waals surface area contributed by atoms with E-state index >= 15 is 0 Å². The Bertz CT molecular complexity index is 1030. The van der Waals surface area contributed by atoms with Gasteiger partial charge in [-0.25, -0.2) is 4.79 Å². The summed E-state index contributed by atoms with van der Waals surface area (Å²) in [5.41, 5.74) is 3.40. The van der Waals surface area contributed by atoms with Crippen LogP contribution < -0.4 is 9.47 Å². The van der Waals surface area contributed by atoms with Gasteiger partial charge in [-0.2, -0.15) is 0 Å². The third-order valence-electron chi connectivity index (χ3n) is 5.31. The van der Waals surface area contributed by atoms with E-state index in [1.54, 1.807) is 38.5 Å². The summed E-state index contributed by atoms with van der Waals surface area (Å²) in [6.45, 7) is 0. The molecule has 0 spiro atoms. The number of methoxy groups -OCH3 is 2. The molecular formula is C25H23NO4. The number of benzene rings is 3. The van der Waals surface area contributed by atoms with E-state index in [1.807, 2.05) is 42.5 Å². The maximum atomic E-state index is 12.5. The minimum Gasteiger partial charge on any atom is -0.497 e. The van der Waals surface area contributed by atoms with Crippen LogP contribution in [0.15, 0.2) is 84.0 Å². The van der Waals surface area contributed by atoms with Gasteiger partial charge in [-0.3, -0.25) is 0 Å². The standard InChI is InChI=1S/C25H23NO4/c1-28-20-12-8-17(9-13-20)22-16-23(22)24(18-6-4-3-5-7-18)26-30-25(27)19-10-14-21(29-2)15-11-19/h3-15,22-23H,16H2,1-2H3/b26-24-/t22-,23+/m0/s1. The quantitative estimate of drug-likeness (QED) is 0.315. The summed E-state index contributed by atoms with van der Waals surface area (Å²) in [5, 5.41) is 4.30. The van der Waals surface area contributed by atoms with E-state index in [9.17, 15) is 4.79 Å². The van der Waals surface area contributed by atoms with E-state index in [4.69, 9.17) is 14.3 Å². The summed E-state index contributed by atoms with van der Waals surface area (Å²) in [6, 6.07) is 24.7. The zero-order valence-corrected chi connectivity index (χ0v) is 16.9. The van der Waals surface area contributed by atoms with Gasteiger partial charge in [-0.05, 0) is 59.9 Å². The van der Waals surface area contributed by atoms with Crippen LogP contribution in [-0.4, -0.2) is 25.9 Å². The number of nitrogens with zero attached hydrogens (tertiary/aromatic N) is 1. The normalized spacial score (nSPS) is 17.9. The van der Waals surface area contributed by atoms with Crippen molar-refractivity contribution in [2.75, 3.05) is 14.2 Å². The van der Waals surface area contributed by atoms with Gasteiger partial charge in [0.1, 0.15) is 11.5 Å². The molecule has 30 heavy (non-hydrogen) atoms. The largest absolute Gasteiger partial charge is 0.497 e. The fraction of sp³-hybridized carbons (Fsp3) is 0.200. The van der Waals surface area contributed by atoms with Gasteiger partial charge in [0.05, 0.1) is 25.5 Å². The molecule has 0 saturated heterocycles. The first kappa shape index (κ1) is 19.7. The predicted molar refractivity (Wildman–Crippen MR) is 115 cm³/mol. The van der Waals surface area contributed by atoms with Crippen LogP contribution in [0, 0.1) is 5.92 Å². The Kier molecular flexibility index (Phi) is 5.80. The summed E-state index contributed by atoms with van der Waals surface area (Å²) in [7, 11) is 3.24. The van der Waals surface area contributed by atoms with Crippen molar-refractivity contribution < 1.29 is 19.1 Å². The highest BCUT2D eigenvalue weighted by Gasteiger charge is 2.43. The molecular weight excluding hydrogens is 378 g/mol. The summed E-state index contributed by atoms with van der Waals surface area (Å²) >= 11 is 0. The van der Waals surface area contributed by atoms with Gasteiger partial charge in [0.15, 0.2) is 0 Å². The fourth-order valence-corrected chi connectivity index (χ4v) is 3.53. The molecule has 1 fully saturated rings. The second kappa shape index (κ2) is 8.82. The molecule has 0 aromatic heterocycles. The topological polar surface area (TPSA) is 57.1 Å². The Hall–Kier alpha value is -3.60. The molecule has 0 amide bonds. The average Bonchev–Trinajstić information content (AvgIpc) is 3.60. The average molecular weight is 401 g/mol. The van der Waals surface area contributed by atoms with Crippen molar-refractivity contribution in [3.63, 3.8) is 0 Å². The van der Waals surface area contributed by atoms with Crippen LogP contribution in [0.3, 0.4) is 0 Å². The van der Waals surface area contributed by atoms with E-state index < -0.39 is 5.97 Å². The highest BCUT2D eigenvalue weighted by molar-refractivity contribution is 6.04. The third kappa shape index (κ3) is 4.35. The van der Waals surface area contributed by atoms with Gasteiger partial charge in [0.2, 0.25) is 0 Å². The van der Waals surface area contributed by atoms with Crippen molar-refractivity contribution in [1.29, 1.82) is 0 Å². The highest BCUT2D eigenvalue weighted by atomic mass is 16.7. The highest BCUT2D eigenvalue weighted by Crippen LogP contribution is 2.49. The minimum atomic E-state index is -0.493. The molecule has 2 atom stereocenters. The zero-order valence-electron chi connectivity index (χ0n) is 16.9. The van der Waals surface area contributed by atoms with E-state index in [-0.39, 0.29) is 5.92 Å². The van der Waals surface area contributed by atoms with Gasteiger partial charge < -0.3 is 14.3 Å². The first-order valence-corrected chi connectivity index (χ1v) is 9.82. The van der Waals surface area contributed by atoms with Crippen LogP contribution in [0.5, 0.6) is 11.5 Å². The lowest BCUT2D eigenvalue weighted by Crippen LogP contribution is -2.09. The van der Waals surface area contributed by atoms with Gasteiger partial charge >= 0.3 is 5.97 Å². The molecule has 0 N–H and O–H groups in total. The van der Waals surface area contributed by atoms with Crippen LogP contribution in [-0.2, 0) is 4.84 Å². The van der Waals surface area contributed by atoms with Gasteiger partial charge in [-0.1, -0.05) is 47.6 Å². The summed E-state index contributed by atoms with van der Waals surface area (Å²) in [6.07, 6.45) is 0.958. The van der Waals surface area contributed by atoms with Crippen LogP contribution in [0.1, 0.15) is 33.8 Å². The van der Waals surface area contributed by atoms with E-state index in [2.05, 4.69) is 17.3 Å². The number of carbonyl (C=O) groups excluding carboxylic acids is 1. The zero-order chi connectivity index (χ0) is 20.9. The Balaban J connectivity index is 1.54. The van der Waals surface area contributed by atoms with Crippen LogP contribution in [0.25, 0.3) is 0 Å². The van der Waals surface area contributed by atoms with Crippen molar-refractivity contribution in [2.24, 2.45) is 11.1 Å². The molecule has 0 heterocycles. The number of ether oxygens (including phenoxy) is 2. The molecule has 1 aliphatic carbocycles. The molecule has 0 radical (unpaired) electrons. The minimum absolute atomic E-state index is 0.199. The Labute approximate surface area is 175 Å². The second-order valence-electron chi connectivity index (χ2n) is 7.17. The molecule has 0 aliphatic heterocycles. The van der Waals surface area contributed by atoms with Crippen molar-refractivity contribution in [3.8, 4) is 11.5 Å². The number of rotatable bonds is 7.